The van der Waals surface area contributed by atoms with Gasteiger partial charge in [0.25, 0.3) is 5.56 Å². The molecule has 0 aliphatic carbocycles. The molecule has 3 aromatic rings. The largest absolute Gasteiger partial charge is 0.309 e. The third-order valence-electron chi connectivity index (χ3n) is 4.25. The van der Waals surface area contributed by atoms with Crippen molar-refractivity contribution in [3.05, 3.63) is 58.0 Å². The van der Waals surface area contributed by atoms with Gasteiger partial charge in [-0.1, -0.05) is 29.8 Å². The molecule has 0 amide bonds. The van der Waals surface area contributed by atoms with Crippen LogP contribution in [0.3, 0.4) is 0 Å². The van der Waals surface area contributed by atoms with E-state index in [1.807, 2.05) is 18.2 Å². The first-order chi connectivity index (χ1) is 10.7. The van der Waals surface area contributed by atoms with Gasteiger partial charge in [-0.05, 0) is 31.9 Å². The van der Waals surface area contributed by atoms with Crippen molar-refractivity contribution in [2.45, 2.75) is 25.8 Å². The maximum Gasteiger partial charge on any atom is 0.272 e. The first-order valence-electron chi connectivity index (χ1n) is 7.64. The first-order valence-corrected chi connectivity index (χ1v) is 7.64. The van der Waals surface area contributed by atoms with Crippen LogP contribution in [-0.4, -0.2) is 21.1 Å². The molecule has 112 valence electrons. The smallest absolute Gasteiger partial charge is 0.272 e. The summed E-state index contributed by atoms with van der Waals surface area (Å²) in [5.74, 6) is 0. The number of benzene rings is 1. The molecule has 0 bridgehead atoms. The van der Waals surface area contributed by atoms with Gasteiger partial charge in [-0.3, -0.25) is 9.89 Å². The Labute approximate surface area is 128 Å². The third-order valence-corrected chi connectivity index (χ3v) is 4.25. The quantitative estimate of drug-likeness (QED) is 0.763. The van der Waals surface area contributed by atoms with Gasteiger partial charge in [-0.25, -0.2) is 9.50 Å². The van der Waals surface area contributed by atoms with Gasteiger partial charge in [0.05, 0.1) is 11.4 Å². The van der Waals surface area contributed by atoms with Crippen LogP contribution in [0, 0.1) is 6.92 Å². The van der Waals surface area contributed by atoms with Crippen molar-refractivity contribution >= 4 is 5.65 Å². The molecule has 2 N–H and O–H groups in total. The first kappa shape index (κ1) is 13.3. The van der Waals surface area contributed by atoms with E-state index >= 15 is 0 Å². The zero-order valence-electron chi connectivity index (χ0n) is 12.5. The maximum atomic E-state index is 12.3. The summed E-state index contributed by atoms with van der Waals surface area (Å²) in [7, 11) is 0. The minimum Gasteiger partial charge on any atom is -0.309 e. The highest BCUT2D eigenvalue weighted by atomic mass is 16.1. The summed E-state index contributed by atoms with van der Waals surface area (Å²) in [5.41, 5.74) is 4.62. The third kappa shape index (κ3) is 2.23. The molecule has 3 heterocycles. The van der Waals surface area contributed by atoms with Crippen molar-refractivity contribution in [1.82, 2.24) is 19.9 Å². The van der Waals surface area contributed by atoms with E-state index in [2.05, 4.69) is 34.5 Å². The van der Waals surface area contributed by atoms with E-state index in [0.29, 0.717) is 5.65 Å². The maximum absolute atomic E-state index is 12.3. The number of hydrogen-bond acceptors (Lipinski definition) is 3. The van der Waals surface area contributed by atoms with Crippen molar-refractivity contribution in [2.75, 3.05) is 6.54 Å². The molecule has 1 aliphatic heterocycles. The molecule has 1 aliphatic rings. The van der Waals surface area contributed by atoms with E-state index in [1.54, 1.807) is 6.07 Å². The van der Waals surface area contributed by atoms with Gasteiger partial charge in [0.2, 0.25) is 0 Å². The van der Waals surface area contributed by atoms with Crippen LogP contribution in [-0.2, 0) is 0 Å². The Hall–Kier alpha value is -2.40. The summed E-state index contributed by atoms with van der Waals surface area (Å²) in [6, 6.07) is 12.0. The number of nitrogens with zero attached hydrogens (tertiary/aromatic N) is 2. The summed E-state index contributed by atoms with van der Waals surface area (Å²) in [6.07, 6.45) is 2.17. The van der Waals surface area contributed by atoms with Crippen LogP contribution in [0.2, 0.25) is 0 Å². The van der Waals surface area contributed by atoms with Crippen LogP contribution in [0.4, 0.5) is 0 Å². The highest BCUT2D eigenvalue weighted by Crippen LogP contribution is 2.22. The van der Waals surface area contributed by atoms with Gasteiger partial charge < -0.3 is 5.32 Å². The zero-order valence-corrected chi connectivity index (χ0v) is 12.5. The molecule has 1 unspecified atom stereocenters. The standard InChI is InChI=1S/C17H18N4O/c1-11-4-6-12(7-5-11)14-9-16-19-15(13-3-2-8-18-13)10-17(22)21(16)20-14/h4-7,9-10,13,18,20H,2-3,8H2,1H3. The molecule has 5 heteroatoms. The Balaban J connectivity index is 1.81. The average Bonchev–Trinajstić information content (AvgIpc) is 3.17. The van der Waals surface area contributed by atoms with Crippen molar-refractivity contribution in [1.29, 1.82) is 0 Å². The number of aromatic amines is 1. The topological polar surface area (TPSA) is 62.2 Å². The Kier molecular flexibility index (Phi) is 3.08. The van der Waals surface area contributed by atoms with Gasteiger partial charge in [0, 0.05) is 18.2 Å². The minimum absolute atomic E-state index is 0.0629. The molecule has 4 rings (SSSR count). The van der Waals surface area contributed by atoms with Gasteiger partial charge in [0.15, 0.2) is 5.65 Å². The fourth-order valence-corrected chi connectivity index (χ4v) is 3.01. The second kappa shape index (κ2) is 5.10. The number of fused-ring (bicyclic) bond motifs is 1. The number of nitrogens with one attached hydrogen (secondary N) is 2. The van der Waals surface area contributed by atoms with Crippen molar-refractivity contribution in [2.24, 2.45) is 0 Å². The van der Waals surface area contributed by atoms with Crippen LogP contribution in [0.1, 0.15) is 30.1 Å². The highest BCUT2D eigenvalue weighted by molar-refractivity contribution is 5.64. The molecule has 0 radical (unpaired) electrons. The zero-order chi connectivity index (χ0) is 15.1. The molecule has 1 saturated heterocycles. The van der Waals surface area contributed by atoms with Crippen LogP contribution < -0.4 is 10.9 Å². The van der Waals surface area contributed by atoms with E-state index in [9.17, 15) is 4.79 Å². The van der Waals surface area contributed by atoms with Crippen LogP contribution in [0.25, 0.3) is 16.9 Å². The molecular weight excluding hydrogens is 276 g/mol. The molecule has 2 aromatic heterocycles. The van der Waals surface area contributed by atoms with E-state index in [1.165, 1.54) is 10.1 Å². The summed E-state index contributed by atoms with van der Waals surface area (Å²) in [6.45, 7) is 3.05. The summed E-state index contributed by atoms with van der Waals surface area (Å²) >= 11 is 0. The molecule has 1 aromatic carbocycles. The van der Waals surface area contributed by atoms with E-state index in [0.717, 1.165) is 36.3 Å². The van der Waals surface area contributed by atoms with E-state index < -0.39 is 0 Å². The molecule has 1 atom stereocenters. The Morgan fingerprint density at radius 1 is 1.23 bits per heavy atom. The van der Waals surface area contributed by atoms with Crippen molar-refractivity contribution in [3.63, 3.8) is 0 Å². The van der Waals surface area contributed by atoms with Crippen LogP contribution in [0.5, 0.6) is 0 Å². The number of H-pyrrole nitrogens is 1. The average molecular weight is 294 g/mol. The van der Waals surface area contributed by atoms with Gasteiger partial charge in [-0.2, -0.15) is 0 Å². The van der Waals surface area contributed by atoms with Gasteiger partial charge >= 0.3 is 0 Å². The minimum atomic E-state index is -0.0629. The van der Waals surface area contributed by atoms with E-state index in [4.69, 9.17) is 0 Å². The molecule has 5 nitrogen and oxygen atoms in total. The number of aryl methyl sites for hydroxylation is 1. The van der Waals surface area contributed by atoms with Crippen LogP contribution >= 0.6 is 0 Å². The Morgan fingerprint density at radius 2 is 2.05 bits per heavy atom. The molecule has 22 heavy (non-hydrogen) atoms. The molecular formula is C17H18N4O. The molecule has 0 spiro atoms. The van der Waals surface area contributed by atoms with Crippen LogP contribution in [0.15, 0.2) is 41.2 Å². The summed E-state index contributed by atoms with van der Waals surface area (Å²) < 4.78 is 1.51. The van der Waals surface area contributed by atoms with E-state index in [-0.39, 0.29) is 11.6 Å². The lowest BCUT2D eigenvalue weighted by molar-refractivity contribution is 0.625. The summed E-state index contributed by atoms with van der Waals surface area (Å²) in [5, 5.41) is 6.53. The second-order valence-corrected chi connectivity index (χ2v) is 5.90. The number of hydrogen-bond donors (Lipinski definition) is 2. The fraction of sp³-hybridized carbons (Fsp3) is 0.294. The van der Waals surface area contributed by atoms with Crippen molar-refractivity contribution in [3.8, 4) is 11.3 Å². The predicted molar refractivity (Wildman–Crippen MR) is 86.0 cm³/mol. The fourth-order valence-electron chi connectivity index (χ4n) is 3.01. The predicted octanol–water partition coefficient (Wildman–Crippen LogP) is 2.42. The van der Waals surface area contributed by atoms with Gasteiger partial charge in [0.1, 0.15) is 0 Å². The number of rotatable bonds is 2. The highest BCUT2D eigenvalue weighted by Gasteiger charge is 2.19. The van der Waals surface area contributed by atoms with Crippen molar-refractivity contribution < 1.29 is 0 Å². The molecule has 1 fully saturated rings. The lowest BCUT2D eigenvalue weighted by Crippen LogP contribution is -2.20. The Morgan fingerprint density at radius 3 is 2.77 bits per heavy atom. The lowest BCUT2D eigenvalue weighted by Gasteiger charge is -2.08. The van der Waals surface area contributed by atoms with Gasteiger partial charge in [-0.15, -0.1) is 0 Å². The second-order valence-electron chi connectivity index (χ2n) is 5.90. The summed E-state index contributed by atoms with van der Waals surface area (Å²) in [4.78, 5) is 17.0. The molecule has 0 saturated carbocycles. The monoisotopic (exact) mass is 294 g/mol. The Bertz CT molecular complexity index is 870. The lowest BCUT2D eigenvalue weighted by atomic mass is 10.1. The normalized spacial score (nSPS) is 18.1. The SMILES string of the molecule is Cc1ccc(-c2cc3nc(C4CCCN4)cc(=O)n3[nH]2)cc1. The number of aromatic nitrogens is 3.